The number of aromatic nitrogens is 4. The summed E-state index contributed by atoms with van der Waals surface area (Å²) in [5.41, 5.74) is 11.3. The van der Waals surface area contributed by atoms with E-state index in [2.05, 4.69) is 34.3 Å². The van der Waals surface area contributed by atoms with Crippen LogP contribution in [0.2, 0.25) is 0 Å². The Kier molecular flexibility index (Phi) is 4.63. The average Bonchev–Trinajstić information content (AvgIpc) is 3.27. The first-order valence-corrected chi connectivity index (χ1v) is 10.1. The summed E-state index contributed by atoms with van der Waals surface area (Å²) in [6.45, 7) is 2.11. The van der Waals surface area contributed by atoms with E-state index < -0.39 is 0 Å². The summed E-state index contributed by atoms with van der Waals surface area (Å²) in [7, 11) is 1.69. The number of pyridine rings is 1. The lowest BCUT2D eigenvalue weighted by molar-refractivity contribution is 0.410. The lowest BCUT2D eigenvalue weighted by atomic mass is 10.1. The number of nitrogens with one attached hydrogen (secondary N) is 1. The number of hydrogen-bond donors (Lipinski definition) is 2. The van der Waals surface area contributed by atoms with Crippen LogP contribution >= 0.6 is 0 Å². The topological polar surface area (TPSA) is 90.4 Å². The predicted octanol–water partition coefficient (Wildman–Crippen LogP) is 4.84. The molecule has 0 unspecified atom stereocenters. The van der Waals surface area contributed by atoms with E-state index in [1.807, 2.05) is 47.1 Å². The van der Waals surface area contributed by atoms with Gasteiger partial charge in [0.15, 0.2) is 11.5 Å². The van der Waals surface area contributed by atoms with E-state index in [4.69, 9.17) is 15.5 Å². The number of methoxy groups -OCH3 is 1. The van der Waals surface area contributed by atoms with Gasteiger partial charge in [-0.1, -0.05) is 19.1 Å². The maximum absolute atomic E-state index is 5.80. The monoisotopic (exact) mass is 410 g/mol. The molecule has 0 radical (unpaired) electrons. The Morgan fingerprint density at radius 3 is 2.81 bits per heavy atom. The second kappa shape index (κ2) is 7.60. The number of hydrogen-bond acceptors (Lipinski definition) is 6. The first kappa shape index (κ1) is 18.9. The van der Waals surface area contributed by atoms with Gasteiger partial charge in [-0.05, 0) is 42.3 Å². The maximum atomic E-state index is 5.80. The fourth-order valence-electron chi connectivity index (χ4n) is 3.71. The van der Waals surface area contributed by atoms with Crippen LogP contribution in [0.5, 0.6) is 5.75 Å². The van der Waals surface area contributed by atoms with Gasteiger partial charge in [-0.2, -0.15) is 0 Å². The minimum atomic E-state index is 0.509. The van der Waals surface area contributed by atoms with Crippen molar-refractivity contribution in [2.75, 3.05) is 18.2 Å². The third-order valence-corrected chi connectivity index (χ3v) is 5.31. The molecule has 0 saturated heterocycles. The Labute approximate surface area is 179 Å². The first-order valence-electron chi connectivity index (χ1n) is 10.1. The van der Waals surface area contributed by atoms with Gasteiger partial charge >= 0.3 is 0 Å². The summed E-state index contributed by atoms with van der Waals surface area (Å²) in [4.78, 5) is 13.7. The number of fused-ring (bicyclic) bond motifs is 2. The lowest BCUT2D eigenvalue weighted by Gasteiger charge is -2.13. The van der Waals surface area contributed by atoms with Crippen molar-refractivity contribution < 1.29 is 4.74 Å². The molecule has 31 heavy (non-hydrogen) atoms. The molecule has 0 bridgehead atoms. The van der Waals surface area contributed by atoms with Crippen LogP contribution in [0.25, 0.3) is 27.8 Å². The van der Waals surface area contributed by atoms with Crippen molar-refractivity contribution in [2.24, 2.45) is 0 Å². The molecule has 7 heteroatoms. The van der Waals surface area contributed by atoms with Crippen molar-refractivity contribution in [1.82, 2.24) is 19.4 Å². The maximum Gasteiger partial charge on any atom is 0.180 e. The summed E-state index contributed by atoms with van der Waals surface area (Å²) >= 11 is 0. The van der Waals surface area contributed by atoms with E-state index in [1.54, 1.807) is 19.4 Å². The number of rotatable bonds is 5. The van der Waals surface area contributed by atoms with Crippen LogP contribution < -0.4 is 15.8 Å². The minimum absolute atomic E-state index is 0.509. The fourth-order valence-corrected chi connectivity index (χ4v) is 3.71. The molecule has 5 rings (SSSR count). The lowest BCUT2D eigenvalue weighted by Crippen LogP contribution is -2.01. The average molecular weight is 410 g/mol. The number of aryl methyl sites for hydroxylation is 1. The highest BCUT2D eigenvalue weighted by Crippen LogP contribution is 2.29. The SMILES string of the molecule is CCc1ccc(Nc2nc(-c3ccc4nc(N)ccc4c3)cn3ccnc23)cc1OC. The minimum Gasteiger partial charge on any atom is -0.496 e. The molecule has 2 aromatic carbocycles. The van der Waals surface area contributed by atoms with Crippen molar-refractivity contribution in [2.45, 2.75) is 13.3 Å². The standard InChI is InChI=1S/C24H22N6O/c1-3-15-4-7-18(13-21(15)31-2)27-23-24-26-10-11-30(24)14-20(29-23)17-5-8-19-16(12-17)6-9-22(25)28-19/h4-14H,3H2,1-2H3,(H2,25,28)(H,27,29). The van der Waals surface area contributed by atoms with Gasteiger partial charge in [-0.25, -0.2) is 15.0 Å². The number of anilines is 3. The van der Waals surface area contributed by atoms with Crippen molar-refractivity contribution in [1.29, 1.82) is 0 Å². The van der Waals surface area contributed by atoms with Gasteiger partial charge in [-0.3, -0.25) is 0 Å². The Balaban J connectivity index is 1.58. The molecule has 5 aromatic rings. The molecule has 3 heterocycles. The third kappa shape index (κ3) is 3.50. The molecule has 7 nitrogen and oxygen atoms in total. The molecule has 0 spiro atoms. The molecule has 0 saturated carbocycles. The number of nitrogens with zero attached hydrogens (tertiary/aromatic N) is 4. The molecular weight excluding hydrogens is 388 g/mol. The number of benzene rings is 2. The zero-order valence-electron chi connectivity index (χ0n) is 17.3. The van der Waals surface area contributed by atoms with E-state index in [-0.39, 0.29) is 0 Å². The molecular formula is C24H22N6O. The second-order valence-corrected chi connectivity index (χ2v) is 7.28. The van der Waals surface area contributed by atoms with Crippen LogP contribution in [0.3, 0.4) is 0 Å². The molecule has 0 aliphatic carbocycles. The highest BCUT2D eigenvalue weighted by molar-refractivity contribution is 5.85. The molecule has 0 fully saturated rings. The Morgan fingerprint density at radius 2 is 1.97 bits per heavy atom. The van der Waals surface area contributed by atoms with Crippen molar-refractivity contribution in [3.05, 3.63) is 72.7 Å². The summed E-state index contributed by atoms with van der Waals surface area (Å²) in [5, 5.41) is 4.42. The van der Waals surface area contributed by atoms with Gasteiger partial charge in [0.25, 0.3) is 0 Å². The zero-order valence-corrected chi connectivity index (χ0v) is 17.3. The van der Waals surface area contributed by atoms with Gasteiger partial charge in [0, 0.05) is 41.3 Å². The van der Waals surface area contributed by atoms with Gasteiger partial charge in [0.1, 0.15) is 11.6 Å². The van der Waals surface area contributed by atoms with Crippen LogP contribution in [0, 0.1) is 0 Å². The number of ether oxygens (including phenoxy) is 1. The Bertz CT molecular complexity index is 1410. The molecule has 0 aliphatic rings. The third-order valence-electron chi connectivity index (χ3n) is 5.31. The molecule has 0 amide bonds. The van der Waals surface area contributed by atoms with Gasteiger partial charge in [0.2, 0.25) is 0 Å². The van der Waals surface area contributed by atoms with Crippen molar-refractivity contribution in [3.8, 4) is 17.0 Å². The molecule has 3 N–H and O–H groups in total. The molecule has 0 atom stereocenters. The summed E-state index contributed by atoms with van der Waals surface area (Å²) < 4.78 is 7.50. The smallest absolute Gasteiger partial charge is 0.180 e. The molecule has 0 aliphatic heterocycles. The van der Waals surface area contributed by atoms with Crippen LogP contribution in [0.1, 0.15) is 12.5 Å². The van der Waals surface area contributed by atoms with E-state index in [9.17, 15) is 0 Å². The van der Waals surface area contributed by atoms with Gasteiger partial charge in [0.05, 0.1) is 18.3 Å². The molecule has 154 valence electrons. The first-order chi connectivity index (χ1) is 15.1. The van der Waals surface area contributed by atoms with E-state index in [1.165, 1.54) is 0 Å². The van der Waals surface area contributed by atoms with Crippen molar-refractivity contribution in [3.63, 3.8) is 0 Å². The predicted molar refractivity (Wildman–Crippen MR) is 124 cm³/mol. The van der Waals surface area contributed by atoms with Gasteiger partial charge in [-0.15, -0.1) is 0 Å². The summed E-state index contributed by atoms with van der Waals surface area (Å²) in [5.74, 6) is 2.03. The highest BCUT2D eigenvalue weighted by Gasteiger charge is 2.12. The quantitative estimate of drug-likeness (QED) is 0.431. The molecule has 3 aromatic heterocycles. The van der Waals surface area contributed by atoms with E-state index in [0.29, 0.717) is 11.6 Å². The number of nitrogens with two attached hydrogens (primary N) is 1. The van der Waals surface area contributed by atoms with Crippen LogP contribution in [-0.2, 0) is 6.42 Å². The highest BCUT2D eigenvalue weighted by atomic mass is 16.5. The van der Waals surface area contributed by atoms with Crippen molar-refractivity contribution >= 4 is 33.9 Å². The summed E-state index contributed by atoms with van der Waals surface area (Å²) in [6, 6.07) is 15.9. The normalized spacial score (nSPS) is 11.2. The van der Waals surface area contributed by atoms with Crippen LogP contribution in [0.15, 0.2) is 67.1 Å². The largest absolute Gasteiger partial charge is 0.496 e. The Hall–Kier alpha value is -4.13. The zero-order chi connectivity index (χ0) is 21.4. The second-order valence-electron chi connectivity index (χ2n) is 7.28. The van der Waals surface area contributed by atoms with Gasteiger partial charge < -0.3 is 20.2 Å². The van der Waals surface area contributed by atoms with E-state index in [0.717, 1.165) is 51.2 Å². The summed E-state index contributed by atoms with van der Waals surface area (Å²) in [6.07, 6.45) is 6.56. The Morgan fingerprint density at radius 1 is 1.06 bits per heavy atom. The van der Waals surface area contributed by atoms with Crippen LogP contribution in [-0.4, -0.2) is 26.5 Å². The number of nitrogen functional groups attached to an aromatic ring is 1. The van der Waals surface area contributed by atoms with E-state index >= 15 is 0 Å². The fraction of sp³-hybridized carbons (Fsp3) is 0.125. The number of imidazole rings is 1. The van der Waals surface area contributed by atoms with Crippen LogP contribution in [0.4, 0.5) is 17.3 Å².